The number of nitrogens with zero attached hydrogens (tertiary/aromatic N) is 1. The first-order valence-corrected chi connectivity index (χ1v) is 6.59. The van der Waals surface area contributed by atoms with Gasteiger partial charge in [0.25, 0.3) is 5.91 Å². The molecular formula is C15H22N2O. The van der Waals surface area contributed by atoms with Crippen molar-refractivity contribution in [2.24, 2.45) is 5.41 Å². The highest BCUT2D eigenvalue weighted by molar-refractivity contribution is 5.94. The summed E-state index contributed by atoms with van der Waals surface area (Å²) in [6.07, 6.45) is 2.18. The number of amides is 1. The van der Waals surface area contributed by atoms with E-state index in [-0.39, 0.29) is 5.91 Å². The predicted molar refractivity (Wildman–Crippen MR) is 74.9 cm³/mol. The van der Waals surface area contributed by atoms with E-state index in [0.717, 1.165) is 37.2 Å². The van der Waals surface area contributed by atoms with E-state index in [1.165, 1.54) is 0 Å². The minimum atomic E-state index is 0.160. The Labute approximate surface area is 109 Å². The maximum atomic E-state index is 12.3. The Kier molecular flexibility index (Phi) is 3.60. The number of nitrogens with one attached hydrogen (secondary N) is 1. The van der Waals surface area contributed by atoms with E-state index in [2.05, 4.69) is 19.2 Å². The second kappa shape index (κ2) is 5.01. The van der Waals surface area contributed by atoms with Gasteiger partial charge in [0.05, 0.1) is 0 Å². The quantitative estimate of drug-likeness (QED) is 0.870. The molecule has 1 N–H and O–H groups in total. The molecule has 0 atom stereocenters. The monoisotopic (exact) mass is 246 g/mol. The third-order valence-electron chi connectivity index (χ3n) is 3.82. The average Bonchev–Trinajstić information content (AvgIpc) is 2.38. The van der Waals surface area contributed by atoms with Crippen molar-refractivity contribution < 1.29 is 4.79 Å². The Hall–Kier alpha value is -1.51. The smallest absolute Gasteiger partial charge is 0.253 e. The van der Waals surface area contributed by atoms with Crippen LogP contribution in [0, 0.1) is 5.41 Å². The summed E-state index contributed by atoms with van der Waals surface area (Å²) in [6, 6.07) is 7.68. The maximum absolute atomic E-state index is 12.3. The largest absolute Gasteiger partial charge is 0.388 e. The minimum absolute atomic E-state index is 0.160. The van der Waals surface area contributed by atoms with Crippen LogP contribution in [0.3, 0.4) is 0 Å². The van der Waals surface area contributed by atoms with Gasteiger partial charge in [-0.1, -0.05) is 13.8 Å². The van der Waals surface area contributed by atoms with Crippen LogP contribution in [-0.2, 0) is 0 Å². The first-order chi connectivity index (χ1) is 8.52. The van der Waals surface area contributed by atoms with Gasteiger partial charge in [-0.05, 0) is 42.5 Å². The summed E-state index contributed by atoms with van der Waals surface area (Å²) in [6.45, 7) is 6.30. The Morgan fingerprint density at radius 2 is 1.72 bits per heavy atom. The standard InChI is InChI=1S/C15H22N2O/c1-15(2)8-10-17(11-9-15)14(18)12-4-6-13(16-3)7-5-12/h4-7,16H,8-11H2,1-3H3. The molecule has 1 amide bonds. The first kappa shape index (κ1) is 12.9. The lowest BCUT2D eigenvalue weighted by Gasteiger charge is -2.37. The van der Waals surface area contributed by atoms with E-state index in [0.29, 0.717) is 5.41 Å². The van der Waals surface area contributed by atoms with E-state index in [4.69, 9.17) is 0 Å². The zero-order valence-corrected chi connectivity index (χ0v) is 11.5. The van der Waals surface area contributed by atoms with Crippen LogP contribution in [0.2, 0.25) is 0 Å². The van der Waals surface area contributed by atoms with E-state index in [9.17, 15) is 4.79 Å². The second-order valence-corrected chi connectivity index (χ2v) is 5.78. The summed E-state index contributed by atoms with van der Waals surface area (Å²) in [5.74, 6) is 0.160. The van der Waals surface area contributed by atoms with Crippen LogP contribution in [0.5, 0.6) is 0 Å². The zero-order valence-electron chi connectivity index (χ0n) is 11.5. The molecule has 0 aromatic heterocycles. The Bertz CT molecular complexity index is 413. The molecule has 0 bridgehead atoms. The SMILES string of the molecule is CNc1ccc(C(=O)N2CCC(C)(C)CC2)cc1. The van der Waals surface area contributed by atoms with Crippen molar-refractivity contribution in [1.29, 1.82) is 0 Å². The van der Waals surface area contributed by atoms with Crippen molar-refractivity contribution in [2.45, 2.75) is 26.7 Å². The van der Waals surface area contributed by atoms with Crippen LogP contribution in [0.4, 0.5) is 5.69 Å². The number of hydrogen-bond donors (Lipinski definition) is 1. The molecule has 2 rings (SSSR count). The predicted octanol–water partition coefficient (Wildman–Crippen LogP) is 2.99. The molecular weight excluding hydrogens is 224 g/mol. The first-order valence-electron chi connectivity index (χ1n) is 6.59. The minimum Gasteiger partial charge on any atom is -0.388 e. The topological polar surface area (TPSA) is 32.3 Å². The number of piperidine rings is 1. The summed E-state index contributed by atoms with van der Waals surface area (Å²) in [4.78, 5) is 14.3. The molecule has 0 saturated carbocycles. The fourth-order valence-electron chi connectivity index (χ4n) is 2.28. The summed E-state index contributed by atoms with van der Waals surface area (Å²) in [5, 5.41) is 3.06. The summed E-state index contributed by atoms with van der Waals surface area (Å²) in [7, 11) is 1.88. The third kappa shape index (κ3) is 2.84. The molecule has 0 spiro atoms. The van der Waals surface area contributed by atoms with Crippen LogP contribution >= 0.6 is 0 Å². The fourth-order valence-corrected chi connectivity index (χ4v) is 2.28. The van der Waals surface area contributed by atoms with Gasteiger partial charge < -0.3 is 10.2 Å². The average molecular weight is 246 g/mol. The number of carbonyl (C=O) groups excluding carboxylic acids is 1. The summed E-state index contributed by atoms with van der Waals surface area (Å²) >= 11 is 0. The normalized spacial score (nSPS) is 18.5. The molecule has 18 heavy (non-hydrogen) atoms. The van der Waals surface area contributed by atoms with Gasteiger partial charge in [0.1, 0.15) is 0 Å². The van der Waals surface area contributed by atoms with E-state index >= 15 is 0 Å². The highest BCUT2D eigenvalue weighted by Crippen LogP contribution is 2.30. The molecule has 1 heterocycles. The number of hydrogen-bond acceptors (Lipinski definition) is 2. The van der Waals surface area contributed by atoms with Gasteiger partial charge in [-0.2, -0.15) is 0 Å². The number of carbonyl (C=O) groups is 1. The lowest BCUT2D eigenvalue weighted by Crippen LogP contribution is -2.41. The Balaban J connectivity index is 2.03. The van der Waals surface area contributed by atoms with Crippen molar-refractivity contribution >= 4 is 11.6 Å². The fraction of sp³-hybridized carbons (Fsp3) is 0.533. The molecule has 1 aliphatic rings. The van der Waals surface area contributed by atoms with E-state index in [1.807, 2.05) is 36.2 Å². The van der Waals surface area contributed by atoms with Gasteiger partial charge in [0.15, 0.2) is 0 Å². The molecule has 0 aliphatic carbocycles. The molecule has 0 unspecified atom stereocenters. The third-order valence-corrected chi connectivity index (χ3v) is 3.82. The molecule has 98 valence electrons. The van der Waals surface area contributed by atoms with Crippen molar-refractivity contribution in [1.82, 2.24) is 4.90 Å². The Morgan fingerprint density at radius 3 is 2.22 bits per heavy atom. The lowest BCUT2D eigenvalue weighted by molar-refractivity contribution is 0.0630. The van der Waals surface area contributed by atoms with E-state index < -0.39 is 0 Å². The van der Waals surface area contributed by atoms with Gasteiger partial charge in [0.2, 0.25) is 0 Å². The van der Waals surface area contributed by atoms with Gasteiger partial charge in [-0.25, -0.2) is 0 Å². The second-order valence-electron chi connectivity index (χ2n) is 5.78. The van der Waals surface area contributed by atoms with Crippen LogP contribution in [-0.4, -0.2) is 30.9 Å². The molecule has 1 aromatic carbocycles. The van der Waals surface area contributed by atoms with E-state index in [1.54, 1.807) is 0 Å². The maximum Gasteiger partial charge on any atom is 0.253 e. The molecule has 1 saturated heterocycles. The van der Waals surface area contributed by atoms with Crippen LogP contribution in [0.15, 0.2) is 24.3 Å². The van der Waals surface area contributed by atoms with Gasteiger partial charge in [-0.15, -0.1) is 0 Å². The number of likely N-dealkylation sites (tertiary alicyclic amines) is 1. The van der Waals surface area contributed by atoms with Crippen molar-refractivity contribution in [2.75, 3.05) is 25.5 Å². The zero-order chi connectivity index (χ0) is 13.2. The molecule has 3 heteroatoms. The van der Waals surface area contributed by atoms with Crippen molar-refractivity contribution in [3.05, 3.63) is 29.8 Å². The molecule has 1 fully saturated rings. The number of benzene rings is 1. The van der Waals surface area contributed by atoms with Gasteiger partial charge in [0, 0.05) is 31.4 Å². The Morgan fingerprint density at radius 1 is 1.17 bits per heavy atom. The number of rotatable bonds is 2. The van der Waals surface area contributed by atoms with Crippen LogP contribution < -0.4 is 5.32 Å². The van der Waals surface area contributed by atoms with Crippen LogP contribution in [0.1, 0.15) is 37.0 Å². The van der Waals surface area contributed by atoms with Gasteiger partial charge >= 0.3 is 0 Å². The van der Waals surface area contributed by atoms with Crippen molar-refractivity contribution in [3.8, 4) is 0 Å². The van der Waals surface area contributed by atoms with Gasteiger partial charge in [-0.3, -0.25) is 4.79 Å². The van der Waals surface area contributed by atoms with Crippen molar-refractivity contribution in [3.63, 3.8) is 0 Å². The highest BCUT2D eigenvalue weighted by Gasteiger charge is 2.28. The highest BCUT2D eigenvalue weighted by atomic mass is 16.2. The molecule has 3 nitrogen and oxygen atoms in total. The lowest BCUT2D eigenvalue weighted by atomic mass is 9.82. The van der Waals surface area contributed by atoms with Crippen LogP contribution in [0.25, 0.3) is 0 Å². The summed E-state index contributed by atoms with van der Waals surface area (Å²) in [5.41, 5.74) is 2.20. The molecule has 0 radical (unpaired) electrons. The molecule has 1 aromatic rings. The number of anilines is 1. The summed E-state index contributed by atoms with van der Waals surface area (Å²) < 4.78 is 0. The molecule has 1 aliphatic heterocycles.